The first kappa shape index (κ1) is 15.0. The molecule has 1 saturated heterocycles. The van der Waals surface area contributed by atoms with Crippen molar-refractivity contribution in [2.75, 3.05) is 26.2 Å². The summed E-state index contributed by atoms with van der Waals surface area (Å²) in [6.07, 6.45) is 0. The van der Waals surface area contributed by atoms with Crippen molar-refractivity contribution in [2.24, 2.45) is 0 Å². The molecule has 0 radical (unpaired) electrons. The van der Waals surface area contributed by atoms with Crippen LogP contribution in [0.3, 0.4) is 0 Å². The summed E-state index contributed by atoms with van der Waals surface area (Å²) in [5.41, 5.74) is 4.09. The highest BCUT2D eigenvalue weighted by molar-refractivity contribution is 7.16. The predicted molar refractivity (Wildman–Crippen MR) is 91.5 cm³/mol. The van der Waals surface area contributed by atoms with Gasteiger partial charge in [0.15, 0.2) is 0 Å². The SMILES string of the molecule is Cc1ccc(C)c(C(c2ccc(Cl)s2)N2CCNCC2)c1. The van der Waals surface area contributed by atoms with Gasteiger partial charge in [0.25, 0.3) is 0 Å². The van der Waals surface area contributed by atoms with Crippen LogP contribution < -0.4 is 5.32 Å². The summed E-state index contributed by atoms with van der Waals surface area (Å²) < 4.78 is 0.871. The molecule has 1 aromatic heterocycles. The van der Waals surface area contributed by atoms with Gasteiger partial charge in [0, 0.05) is 31.1 Å². The average molecular weight is 321 g/mol. The highest BCUT2D eigenvalue weighted by atomic mass is 35.5. The van der Waals surface area contributed by atoms with E-state index in [1.807, 2.05) is 6.07 Å². The summed E-state index contributed by atoms with van der Waals surface area (Å²) in [6, 6.07) is 11.3. The zero-order valence-corrected chi connectivity index (χ0v) is 14.1. The molecular formula is C17H21ClN2S. The van der Waals surface area contributed by atoms with E-state index in [1.165, 1.54) is 21.6 Å². The Morgan fingerprint density at radius 2 is 1.90 bits per heavy atom. The van der Waals surface area contributed by atoms with E-state index >= 15 is 0 Å². The fourth-order valence-electron chi connectivity index (χ4n) is 3.00. The fourth-order valence-corrected chi connectivity index (χ4v) is 4.22. The van der Waals surface area contributed by atoms with E-state index in [0.717, 1.165) is 30.5 Å². The number of hydrogen-bond donors (Lipinski definition) is 1. The first-order valence-corrected chi connectivity index (χ1v) is 8.62. The van der Waals surface area contributed by atoms with Crippen LogP contribution in [0.1, 0.15) is 27.6 Å². The molecule has 0 saturated carbocycles. The molecular weight excluding hydrogens is 300 g/mol. The molecule has 1 aliphatic rings. The van der Waals surface area contributed by atoms with Crippen molar-refractivity contribution in [3.63, 3.8) is 0 Å². The highest BCUT2D eigenvalue weighted by Crippen LogP contribution is 2.37. The molecule has 2 heterocycles. The highest BCUT2D eigenvalue weighted by Gasteiger charge is 2.26. The predicted octanol–water partition coefficient (Wildman–Crippen LogP) is 4.01. The third kappa shape index (κ3) is 3.32. The van der Waals surface area contributed by atoms with Crippen LogP contribution in [0, 0.1) is 13.8 Å². The topological polar surface area (TPSA) is 15.3 Å². The Morgan fingerprint density at radius 3 is 2.57 bits per heavy atom. The minimum absolute atomic E-state index is 0.324. The van der Waals surface area contributed by atoms with Gasteiger partial charge >= 0.3 is 0 Å². The first-order valence-electron chi connectivity index (χ1n) is 7.42. The van der Waals surface area contributed by atoms with Gasteiger partial charge in [0.2, 0.25) is 0 Å². The monoisotopic (exact) mass is 320 g/mol. The maximum Gasteiger partial charge on any atom is 0.0931 e. The lowest BCUT2D eigenvalue weighted by Gasteiger charge is -2.35. The molecule has 1 fully saturated rings. The maximum absolute atomic E-state index is 6.19. The van der Waals surface area contributed by atoms with E-state index in [-0.39, 0.29) is 0 Å². The zero-order chi connectivity index (χ0) is 14.8. The van der Waals surface area contributed by atoms with Gasteiger partial charge < -0.3 is 5.32 Å². The molecule has 1 N–H and O–H groups in total. The van der Waals surface area contributed by atoms with Gasteiger partial charge in [-0.3, -0.25) is 4.90 Å². The summed E-state index contributed by atoms with van der Waals surface area (Å²) in [7, 11) is 0. The second-order valence-electron chi connectivity index (χ2n) is 5.69. The molecule has 1 aliphatic heterocycles. The van der Waals surface area contributed by atoms with E-state index in [0.29, 0.717) is 6.04 Å². The van der Waals surface area contributed by atoms with Crippen molar-refractivity contribution in [1.82, 2.24) is 10.2 Å². The van der Waals surface area contributed by atoms with Gasteiger partial charge in [0.1, 0.15) is 0 Å². The number of rotatable bonds is 3. The number of aryl methyl sites for hydroxylation is 2. The Kier molecular flexibility index (Phi) is 4.65. The van der Waals surface area contributed by atoms with E-state index in [2.05, 4.69) is 48.3 Å². The zero-order valence-electron chi connectivity index (χ0n) is 12.5. The van der Waals surface area contributed by atoms with Gasteiger partial charge in [-0.25, -0.2) is 0 Å². The van der Waals surface area contributed by atoms with Crippen LogP contribution in [0.5, 0.6) is 0 Å². The molecule has 3 rings (SSSR count). The molecule has 0 bridgehead atoms. The fraction of sp³-hybridized carbons (Fsp3) is 0.412. The molecule has 1 unspecified atom stereocenters. The minimum Gasteiger partial charge on any atom is -0.314 e. The number of nitrogens with zero attached hydrogens (tertiary/aromatic N) is 1. The second-order valence-corrected chi connectivity index (χ2v) is 7.44. The molecule has 21 heavy (non-hydrogen) atoms. The van der Waals surface area contributed by atoms with Crippen molar-refractivity contribution in [2.45, 2.75) is 19.9 Å². The largest absolute Gasteiger partial charge is 0.314 e. The summed E-state index contributed by atoms with van der Waals surface area (Å²) in [5, 5.41) is 3.44. The van der Waals surface area contributed by atoms with Gasteiger partial charge in [-0.15, -0.1) is 11.3 Å². The van der Waals surface area contributed by atoms with Crippen LogP contribution in [0.4, 0.5) is 0 Å². The van der Waals surface area contributed by atoms with Crippen molar-refractivity contribution in [1.29, 1.82) is 0 Å². The van der Waals surface area contributed by atoms with Crippen molar-refractivity contribution in [3.05, 3.63) is 56.2 Å². The van der Waals surface area contributed by atoms with Crippen LogP contribution in [0.25, 0.3) is 0 Å². The molecule has 2 nitrogen and oxygen atoms in total. The molecule has 1 aromatic carbocycles. The Balaban J connectivity index is 2.04. The van der Waals surface area contributed by atoms with Crippen LogP contribution >= 0.6 is 22.9 Å². The van der Waals surface area contributed by atoms with Crippen molar-refractivity contribution in [3.8, 4) is 0 Å². The number of piperazine rings is 1. The Bertz CT molecular complexity index is 617. The third-order valence-electron chi connectivity index (χ3n) is 4.11. The van der Waals surface area contributed by atoms with Gasteiger partial charge in [-0.05, 0) is 37.1 Å². The summed E-state index contributed by atoms with van der Waals surface area (Å²) in [4.78, 5) is 3.91. The van der Waals surface area contributed by atoms with E-state index in [9.17, 15) is 0 Å². The lowest BCUT2D eigenvalue weighted by atomic mass is 9.96. The molecule has 1 atom stereocenters. The van der Waals surface area contributed by atoms with Crippen LogP contribution in [-0.2, 0) is 0 Å². The van der Waals surface area contributed by atoms with Gasteiger partial charge in [-0.2, -0.15) is 0 Å². The van der Waals surface area contributed by atoms with Crippen LogP contribution in [0.2, 0.25) is 4.34 Å². The first-order chi connectivity index (χ1) is 10.1. The van der Waals surface area contributed by atoms with Gasteiger partial charge in [0.05, 0.1) is 10.4 Å². The smallest absolute Gasteiger partial charge is 0.0931 e. The standard InChI is InChI=1S/C17H21ClN2S/c1-12-3-4-13(2)14(11-12)17(15-5-6-16(18)21-15)20-9-7-19-8-10-20/h3-6,11,17,19H,7-10H2,1-2H3. The van der Waals surface area contributed by atoms with E-state index in [4.69, 9.17) is 11.6 Å². The summed E-state index contributed by atoms with van der Waals surface area (Å²) in [5.74, 6) is 0. The Hall–Kier alpha value is -0.870. The second kappa shape index (κ2) is 6.49. The number of halogens is 1. The van der Waals surface area contributed by atoms with Crippen molar-refractivity contribution < 1.29 is 0 Å². The number of thiophene rings is 1. The van der Waals surface area contributed by atoms with Crippen molar-refractivity contribution >= 4 is 22.9 Å². The number of hydrogen-bond acceptors (Lipinski definition) is 3. The normalized spacial score (nSPS) is 17.9. The molecule has 112 valence electrons. The molecule has 4 heteroatoms. The van der Waals surface area contributed by atoms with Crippen LogP contribution in [-0.4, -0.2) is 31.1 Å². The van der Waals surface area contributed by atoms with Crippen LogP contribution in [0.15, 0.2) is 30.3 Å². The summed E-state index contributed by atoms with van der Waals surface area (Å²) in [6.45, 7) is 8.64. The molecule has 0 amide bonds. The number of nitrogens with one attached hydrogen (secondary N) is 1. The minimum atomic E-state index is 0.324. The lowest BCUT2D eigenvalue weighted by molar-refractivity contribution is 0.200. The summed E-state index contributed by atoms with van der Waals surface area (Å²) >= 11 is 7.89. The average Bonchev–Trinajstić information content (AvgIpc) is 2.90. The van der Waals surface area contributed by atoms with E-state index in [1.54, 1.807) is 11.3 Å². The lowest BCUT2D eigenvalue weighted by Crippen LogP contribution is -2.45. The number of benzene rings is 1. The maximum atomic E-state index is 6.19. The van der Waals surface area contributed by atoms with E-state index < -0.39 is 0 Å². The molecule has 2 aromatic rings. The third-order valence-corrected chi connectivity index (χ3v) is 5.39. The molecule has 0 aliphatic carbocycles. The Labute approximate surface area is 135 Å². The van der Waals surface area contributed by atoms with Gasteiger partial charge in [-0.1, -0.05) is 35.4 Å². The molecule has 0 spiro atoms. The quantitative estimate of drug-likeness (QED) is 0.919. The Morgan fingerprint density at radius 1 is 1.14 bits per heavy atom.